The molecule has 0 amide bonds. The van der Waals surface area contributed by atoms with Crippen LogP contribution in [0.4, 0.5) is 0 Å². The number of pyridine rings is 1. The molecule has 0 aliphatic carbocycles. The fourth-order valence-corrected chi connectivity index (χ4v) is 3.76. The molecule has 10 heteroatoms. The van der Waals surface area contributed by atoms with Crippen molar-refractivity contribution in [2.24, 2.45) is 0 Å². The summed E-state index contributed by atoms with van der Waals surface area (Å²) in [5.74, 6) is -0.272. The Labute approximate surface area is 168 Å². The molecule has 3 aromatic rings. The van der Waals surface area contributed by atoms with Crippen molar-refractivity contribution in [1.82, 2.24) is 19.8 Å². The number of benzene rings is 1. The molecule has 1 unspecified atom stereocenters. The van der Waals surface area contributed by atoms with Crippen molar-refractivity contribution in [3.63, 3.8) is 0 Å². The summed E-state index contributed by atoms with van der Waals surface area (Å²) in [6.45, 7) is 5.00. The monoisotopic (exact) mass is 416 g/mol. The van der Waals surface area contributed by atoms with E-state index in [0.29, 0.717) is 11.4 Å². The molecule has 0 fully saturated rings. The third-order valence-corrected chi connectivity index (χ3v) is 5.42. The van der Waals surface area contributed by atoms with Gasteiger partial charge in [0.05, 0.1) is 10.5 Å². The van der Waals surface area contributed by atoms with Crippen LogP contribution in [-0.4, -0.2) is 35.6 Å². The van der Waals surface area contributed by atoms with Crippen LogP contribution in [0.2, 0.25) is 0 Å². The van der Waals surface area contributed by atoms with Gasteiger partial charge in [-0.05, 0) is 51.1 Å². The lowest BCUT2D eigenvalue weighted by Crippen LogP contribution is -2.30. The Bertz CT molecular complexity index is 1100. The molecule has 0 aliphatic rings. The van der Waals surface area contributed by atoms with E-state index in [9.17, 15) is 13.2 Å². The van der Waals surface area contributed by atoms with Gasteiger partial charge in [-0.2, -0.15) is 4.98 Å². The van der Waals surface area contributed by atoms with E-state index in [0.717, 1.165) is 0 Å². The van der Waals surface area contributed by atoms with Crippen molar-refractivity contribution >= 4 is 16.0 Å². The van der Waals surface area contributed by atoms with Crippen molar-refractivity contribution in [2.45, 2.75) is 37.8 Å². The summed E-state index contributed by atoms with van der Waals surface area (Å²) in [5.41, 5.74) is 0.757. The van der Waals surface area contributed by atoms with Gasteiger partial charge in [-0.1, -0.05) is 11.2 Å². The Balaban J connectivity index is 1.74. The minimum absolute atomic E-state index is 0.0232. The maximum atomic E-state index is 12.5. The van der Waals surface area contributed by atoms with E-state index >= 15 is 0 Å². The highest BCUT2D eigenvalue weighted by Gasteiger charge is 2.22. The molecule has 1 N–H and O–H groups in total. The molecular weight excluding hydrogens is 396 g/mol. The molecule has 9 nitrogen and oxygen atoms in total. The summed E-state index contributed by atoms with van der Waals surface area (Å²) in [6.07, 6.45) is 2.39. The molecular formula is C19H20N4O5S. The van der Waals surface area contributed by atoms with Crippen molar-refractivity contribution in [3.8, 4) is 11.4 Å². The van der Waals surface area contributed by atoms with Crippen LogP contribution >= 0.6 is 0 Å². The Kier molecular flexibility index (Phi) is 6.04. The number of hydrogen-bond acceptors (Lipinski definition) is 8. The topological polar surface area (TPSA) is 124 Å². The van der Waals surface area contributed by atoms with E-state index in [2.05, 4.69) is 19.8 Å². The Hall–Kier alpha value is -3.11. The SMILES string of the molecule is CC(C)NS(=O)(=O)c1cccc(C(=O)OC(C)c2nc(-c3cccnc3)no2)c1. The van der Waals surface area contributed by atoms with Gasteiger partial charge in [-0.25, -0.2) is 17.9 Å². The first-order chi connectivity index (χ1) is 13.8. The van der Waals surface area contributed by atoms with Crippen LogP contribution in [0.15, 0.2) is 58.2 Å². The van der Waals surface area contributed by atoms with E-state index in [1.807, 2.05) is 0 Å². The van der Waals surface area contributed by atoms with Crippen molar-refractivity contribution in [3.05, 3.63) is 60.2 Å². The summed E-state index contributed by atoms with van der Waals surface area (Å²) in [6, 6.07) is 8.85. The van der Waals surface area contributed by atoms with Gasteiger partial charge in [-0.3, -0.25) is 4.98 Å². The van der Waals surface area contributed by atoms with Crippen molar-refractivity contribution in [1.29, 1.82) is 0 Å². The van der Waals surface area contributed by atoms with E-state index < -0.39 is 22.1 Å². The van der Waals surface area contributed by atoms with E-state index in [1.54, 1.807) is 45.3 Å². The van der Waals surface area contributed by atoms with Gasteiger partial charge in [0, 0.05) is 24.0 Å². The molecule has 0 bridgehead atoms. The van der Waals surface area contributed by atoms with Gasteiger partial charge in [0.1, 0.15) is 0 Å². The largest absolute Gasteiger partial charge is 0.449 e. The van der Waals surface area contributed by atoms with Gasteiger partial charge in [0.25, 0.3) is 5.89 Å². The normalized spacial score (nSPS) is 12.7. The smallest absolute Gasteiger partial charge is 0.338 e. The van der Waals surface area contributed by atoms with Gasteiger partial charge in [-0.15, -0.1) is 0 Å². The zero-order valence-electron chi connectivity index (χ0n) is 16.1. The van der Waals surface area contributed by atoms with Crippen molar-refractivity contribution in [2.75, 3.05) is 0 Å². The van der Waals surface area contributed by atoms with Gasteiger partial charge in [0.15, 0.2) is 6.10 Å². The summed E-state index contributed by atoms with van der Waals surface area (Å²) >= 11 is 0. The molecule has 1 atom stereocenters. The first-order valence-electron chi connectivity index (χ1n) is 8.83. The number of carbonyl (C=O) groups is 1. The van der Waals surface area contributed by atoms with E-state index in [-0.39, 0.29) is 22.4 Å². The predicted molar refractivity (Wildman–Crippen MR) is 103 cm³/mol. The highest BCUT2D eigenvalue weighted by molar-refractivity contribution is 7.89. The molecule has 0 radical (unpaired) electrons. The minimum Gasteiger partial charge on any atom is -0.449 e. The van der Waals surface area contributed by atoms with Gasteiger partial charge < -0.3 is 9.26 Å². The second-order valence-electron chi connectivity index (χ2n) is 6.55. The van der Waals surface area contributed by atoms with E-state index in [4.69, 9.17) is 9.26 Å². The number of nitrogens with one attached hydrogen (secondary N) is 1. The average Bonchev–Trinajstić information content (AvgIpc) is 3.18. The van der Waals surface area contributed by atoms with Crippen LogP contribution in [0.3, 0.4) is 0 Å². The number of esters is 1. The van der Waals surface area contributed by atoms with Gasteiger partial charge >= 0.3 is 5.97 Å². The lowest BCUT2D eigenvalue weighted by Gasteiger charge is -2.12. The van der Waals surface area contributed by atoms with Crippen LogP contribution in [0.25, 0.3) is 11.4 Å². The summed E-state index contributed by atoms with van der Waals surface area (Å²) < 4.78 is 37.6. The molecule has 0 saturated heterocycles. The lowest BCUT2D eigenvalue weighted by molar-refractivity contribution is 0.0265. The number of hydrogen-bond donors (Lipinski definition) is 1. The quantitative estimate of drug-likeness (QED) is 0.583. The van der Waals surface area contributed by atoms with Crippen LogP contribution < -0.4 is 4.72 Å². The first-order valence-corrected chi connectivity index (χ1v) is 10.3. The molecule has 0 saturated carbocycles. The molecule has 29 heavy (non-hydrogen) atoms. The number of nitrogens with zero attached hydrogens (tertiary/aromatic N) is 3. The maximum Gasteiger partial charge on any atom is 0.338 e. The fraction of sp³-hybridized carbons (Fsp3) is 0.263. The van der Waals surface area contributed by atoms with Gasteiger partial charge in [0.2, 0.25) is 15.8 Å². The molecule has 2 aromatic heterocycles. The maximum absolute atomic E-state index is 12.5. The number of rotatable bonds is 7. The standard InChI is InChI=1S/C19H20N4O5S/c1-12(2)23-29(25,26)16-8-4-6-14(10-16)19(24)27-13(3)18-21-17(22-28-18)15-7-5-9-20-11-15/h4-13,23H,1-3H3. The Morgan fingerprint density at radius 1 is 1.17 bits per heavy atom. The highest BCUT2D eigenvalue weighted by Crippen LogP contribution is 2.21. The summed E-state index contributed by atoms with van der Waals surface area (Å²) in [7, 11) is -3.73. The molecule has 2 heterocycles. The average molecular weight is 416 g/mol. The molecule has 3 rings (SSSR count). The van der Waals surface area contributed by atoms with Crippen molar-refractivity contribution < 1.29 is 22.5 Å². The zero-order chi connectivity index (χ0) is 21.0. The molecule has 0 spiro atoms. The zero-order valence-corrected chi connectivity index (χ0v) is 16.9. The summed E-state index contributed by atoms with van der Waals surface area (Å²) in [4.78, 5) is 20.6. The number of ether oxygens (including phenoxy) is 1. The fourth-order valence-electron chi connectivity index (χ4n) is 2.46. The second-order valence-corrected chi connectivity index (χ2v) is 8.26. The molecule has 1 aromatic carbocycles. The van der Waals surface area contributed by atoms with Crippen LogP contribution in [0.1, 0.15) is 43.1 Å². The van der Waals surface area contributed by atoms with Crippen LogP contribution in [0.5, 0.6) is 0 Å². The molecule has 0 aliphatic heterocycles. The highest BCUT2D eigenvalue weighted by atomic mass is 32.2. The van der Waals surface area contributed by atoms with Crippen LogP contribution in [-0.2, 0) is 14.8 Å². The third-order valence-electron chi connectivity index (χ3n) is 3.76. The van der Waals surface area contributed by atoms with Crippen LogP contribution in [0, 0.1) is 0 Å². The first kappa shape index (κ1) is 20.6. The number of carbonyl (C=O) groups excluding carboxylic acids is 1. The second kappa shape index (κ2) is 8.50. The van der Waals surface area contributed by atoms with E-state index in [1.165, 1.54) is 24.3 Å². The Morgan fingerprint density at radius 2 is 1.97 bits per heavy atom. The number of sulfonamides is 1. The number of aromatic nitrogens is 3. The summed E-state index contributed by atoms with van der Waals surface area (Å²) in [5, 5.41) is 3.86. The minimum atomic E-state index is -3.73. The predicted octanol–water partition coefficient (Wildman–Crippen LogP) is 2.74. The third kappa shape index (κ3) is 5.04. The molecule has 152 valence electrons. The Morgan fingerprint density at radius 3 is 2.66 bits per heavy atom. The lowest BCUT2D eigenvalue weighted by atomic mass is 10.2.